The molecule has 1 saturated heterocycles. The Kier molecular flexibility index (Phi) is 2.57. The molecule has 5 nitrogen and oxygen atoms in total. The minimum atomic E-state index is 0.426. The van der Waals surface area contributed by atoms with Crippen LogP contribution in [-0.4, -0.2) is 40.9 Å². The summed E-state index contributed by atoms with van der Waals surface area (Å²) in [4.78, 5) is 2.42. The van der Waals surface area contributed by atoms with Crippen LogP contribution >= 0.6 is 0 Å². The number of rotatable bonds is 2. The summed E-state index contributed by atoms with van der Waals surface area (Å²) in [6.45, 7) is 3.95. The molecular formula is C11H18N4O. The Balaban J connectivity index is 1.65. The number of ether oxygens (including phenoxy) is 1. The fourth-order valence-corrected chi connectivity index (χ4v) is 2.61. The van der Waals surface area contributed by atoms with Crippen molar-refractivity contribution >= 4 is 5.82 Å². The molecule has 1 atom stereocenters. The number of H-pyrrole nitrogens is 1. The van der Waals surface area contributed by atoms with Crippen LogP contribution in [0.25, 0.3) is 0 Å². The van der Waals surface area contributed by atoms with Gasteiger partial charge in [-0.15, -0.1) is 0 Å². The molecule has 1 aromatic rings. The second-order valence-corrected chi connectivity index (χ2v) is 4.69. The first-order valence-electron chi connectivity index (χ1n) is 5.98. The van der Waals surface area contributed by atoms with E-state index in [2.05, 4.69) is 15.1 Å². The molecule has 0 radical (unpaired) electrons. The number of anilines is 1. The van der Waals surface area contributed by atoms with E-state index in [4.69, 9.17) is 10.5 Å². The van der Waals surface area contributed by atoms with Gasteiger partial charge in [0.05, 0.1) is 6.10 Å². The lowest BCUT2D eigenvalue weighted by atomic mass is 10.1. The zero-order valence-electron chi connectivity index (χ0n) is 9.41. The highest BCUT2D eigenvalue weighted by atomic mass is 16.5. The van der Waals surface area contributed by atoms with Crippen LogP contribution in [0.2, 0.25) is 0 Å². The van der Waals surface area contributed by atoms with Crippen molar-refractivity contribution in [3.8, 4) is 0 Å². The molecule has 0 aliphatic carbocycles. The third-order valence-corrected chi connectivity index (χ3v) is 3.53. The molecule has 88 valence electrons. The second kappa shape index (κ2) is 4.07. The van der Waals surface area contributed by atoms with Crippen LogP contribution in [0.1, 0.15) is 24.1 Å². The first kappa shape index (κ1) is 10.1. The summed E-state index contributed by atoms with van der Waals surface area (Å²) in [5.41, 5.74) is 8.23. The first-order valence-corrected chi connectivity index (χ1v) is 5.98. The SMILES string of the molecule is Nc1n[nH]c2c1CN(CC1CCCO1)CC2. The van der Waals surface area contributed by atoms with Gasteiger partial charge in [-0.3, -0.25) is 10.00 Å². The van der Waals surface area contributed by atoms with Gasteiger partial charge in [0, 0.05) is 43.9 Å². The van der Waals surface area contributed by atoms with Gasteiger partial charge in [-0.05, 0) is 12.8 Å². The lowest BCUT2D eigenvalue weighted by Crippen LogP contribution is -2.36. The number of aromatic amines is 1. The van der Waals surface area contributed by atoms with Crippen molar-refractivity contribution in [3.05, 3.63) is 11.3 Å². The monoisotopic (exact) mass is 222 g/mol. The number of hydrogen-bond acceptors (Lipinski definition) is 4. The highest BCUT2D eigenvalue weighted by Gasteiger charge is 2.24. The maximum Gasteiger partial charge on any atom is 0.149 e. The predicted molar refractivity (Wildman–Crippen MR) is 61.0 cm³/mol. The van der Waals surface area contributed by atoms with E-state index in [-0.39, 0.29) is 0 Å². The minimum absolute atomic E-state index is 0.426. The molecule has 3 heterocycles. The summed E-state index contributed by atoms with van der Waals surface area (Å²) in [6, 6.07) is 0. The van der Waals surface area contributed by atoms with Crippen molar-refractivity contribution in [2.24, 2.45) is 0 Å². The summed E-state index contributed by atoms with van der Waals surface area (Å²) in [5, 5.41) is 7.07. The smallest absolute Gasteiger partial charge is 0.149 e. The van der Waals surface area contributed by atoms with Crippen molar-refractivity contribution in [3.63, 3.8) is 0 Å². The summed E-state index contributed by atoms with van der Waals surface area (Å²) in [6.07, 6.45) is 3.85. The molecule has 0 amide bonds. The lowest BCUT2D eigenvalue weighted by Gasteiger charge is -2.28. The Morgan fingerprint density at radius 2 is 2.50 bits per heavy atom. The van der Waals surface area contributed by atoms with E-state index >= 15 is 0 Å². The van der Waals surface area contributed by atoms with Crippen molar-refractivity contribution in [2.75, 3.05) is 25.4 Å². The van der Waals surface area contributed by atoms with Gasteiger partial charge >= 0.3 is 0 Å². The largest absolute Gasteiger partial charge is 0.382 e. The van der Waals surface area contributed by atoms with Crippen LogP contribution in [0.4, 0.5) is 5.82 Å². The quantitative estimate of drug-likeness (QED) is 0.766. The number of nitrogens with zero attached hydrogens (tertiary/aromatic N) is 2. The van der Waals surface area contributed by atoms with Crippen molar-refractivity contribution in [1.82, 2.24) is 15.1 Å². The van der Waals surface area contributed by atoms with Crippen LogP contribution < -0.4 is 5.73 Å². The van der Waals surface area contributed by atoms with E-state index in [0.29, 0.717) is 11.9 Å². The van der Waals surface area contributed by atoms with E-state index in [1.807, 2.05) is 0 Å². The summed E-state index contributed by atoms with van der Waals surface area (Å²) < 4.78 is 5.66. The van der Waals surface area contributed by atoms with E-state index in [9.17, 15) is 0 Å². The zero-order chi connectivity index (χ0) is 11.0. The molecule has 3 rings (SSSR count). The van der Waals surface area contributed by atoms with Gasteiger partial charge in [-0.1, -0.05) is 0 Å². The van der Waals surface area contributed by atoms with Crippen LogP contribution in [-0.2, 0) is 17.7 Å². The summed E-state index contributed by atoms with van der Waals surface area (Å²) >= 11 is 0. The Bertz CT molecular complexity index is 370. The number of hydrogen-bond donors (Lipinski definition) is 2. The predicted octanol–water partition coefficient (Wildman–Crippen LogP) is 0.529. The zero-order valence-corrected chi connectivity index (χ0v) is 9.41. The number of nitrogens with two attached hydrogens (primary N) is 1. The van der Waals surface area contributed by atoms with Gasteiger partial charge in [0.2, 0.25) is 0 Å². The maximum absolute atomic E-state index is 5.83. The Morgan fingerprint density at radius 1 is 1.56 bits per heavy atom. The van der Waals surface area contributed by atoms with Crippen molar-refractivity contribution < 1.29 is 4.74 Å². The molecule has 0 saturated carbocycles. The molecule has 1 unspecified atom stereocenters. The van der Waals surface area contributed by atoms with Crippen molar-refractivity contribution in [1.29, 1.82) is 0 Å². The molecule has 0 spiro atoms. The van der Waals surface area contributed by atoms with Crippen LogP contribution in [0.15, 0.2) is 0 Å². The molecule has 2 aliphatic rings. The molecular weight excluding hydrogens is 204 g/mol. The van der Waals surface area contributed by atoms with Gasteiger partial charge in [-0.2, -0.15) is 5.10 Å². The normalized spacial score (nSPS) is 25.9. The summed E-state index contributed by atoms with van der Waals surface area (Å²) in [5.74, 6) is 0.659. The molecule has 0 aromatic carbocycles. The highest BCUT2D eigenvalue weighted by Crippen LogP contribution is 2.23. The average molecular weight is 222 g/mol. The second-order valence-electron chi connectivity index (χ2n) is 4.69. The maximum atomic E-state index is 5.83. The Morgan fingerprint density at radius 3 is 3.31 bits per heavy atom. The van der Waals surface area contributed by atoms with Gasteiger partial charge in [0.15, 0.2) is 0 Å². The third kappa shape index (κ3) is 1.81. The van der Waals surface area contributed by atoms with E-state index in [0.717, 1.165) is 32.7 Å². The fourth-order valence-electron chi connectivity index (χ4n) is 2.61. The average Bonchev–Trinajstić information content (AvgIpc) is 2.90. The molecule has 1 fully saturated rings. The number of nitrogen functional groups attached to an aromatic ring is 1. The first-order chi connectivity index (χ1) is 7.83. The molecule has 3 N–H and O–H groups in total. The van der Waals surface area contributed by atoms with Crippen LogP contribution in [0.3, 0.4) is 0 Å². The van der Waals surface area contributed by atoms with Crippen LogP contribution in [0.5, 0.6) is 0 Å². The van der Waals surface area contributed by atoms with E-state index in [1.54, 1.807) is 0 Å². The summed E-state index contributed by atoms with van der Waals surface area (Å²) in [7, 11) is 0. The van der Waals surface area contributed by atoms with Gasteiger partial charge in [-0.25, -0.2) is 0 Å². The van der Waals surface area contributed by atoms with Crippen LogP contribution in [0, 0.1) is 0 Å². The number of aromatic nitrogens is 2. The Hall–Kier alpha value is -1.07. The van der Waals surface area contributed by atoms with E-state index in [1.165, 1.54) is 24.1 Å². The molecule has 2 aliphatic heterocycles. The topological polar surface area (TPSA) is 67.2 Å². The van der Waals surface area contributed by atoms with Gasteiger partial charge in [0.1, 0.15) is 5.82 Å². The lowest BCUT2D eigenvalue weighted by molar-refractivity contribution is 0.0688. The fraction of sp³-hybridized carbons (Fsp3) is 0.727. The standard InChI is InChI=1S/C11H18N4O/c12-11-9-7-15(4-3-10(9)13-14-11)6-8-2-1-5-16-8/h8H,1-7H2,(H3,12,13,14). The molecule has 0 bridgehead atoms. The number of fused-ring (bicyclic) bond motifs is 1. The van der Waals surface area contributed by atoms with E-state index < -0.39 is 0 Å². The molecule has 5 heteroatoms. The van der Waals surface area contributed by atoms with Crippen molar-refractivity contribution in [2.45, 2.75) is 31.9 Å². The Labute approximate surface area is 94.9 Å². The molecule has 16 heavy (non-hydrogen) atoms. The van der Waals surface area contributed by atoms with Gasteiger partial charge < -0.3 is 10.5 Å². The highest BCUT2D eigenvalue weighted by molar-refractivity contribution is 5.43. The van der Waals surface area contributed by atoms with Gasteiger partial charge in [0.25, 0.3) is 0 Å². The minimum Gasteiger partial charge on any atom is -0.382 e. The number of nitrogens with one attached hydrogen (secondary N) is 1. The third-order valence-electron chi connectivity index (χ3n) is 3.53. The molecule has 1 aromatic heterocycles.